The Morgan fingerprint density at radius 2 is 2.38 bits per heavy atom. The number of esters is 1. The third kappa shape index (κ3) is 1.87. The fraction of sp³-hybridized carbons (Fsp3) is 0.417. The number of methoxy groups -OCH3 is 1. The van der Waals surface area contributed by atoms with E-state index in [4.69, 9.17) is 21.1 Å². The average Bonchev–Trinajstić information content (AvgIpc) is 2.69. The van der Waals surface area contributed by atoms with E-state index in [0.717, 1.165) is 17.5 Å². The topological polar surface area (TPSA) is 35.5 Å². The highest BCUT2D eigenvalue weighted by Crippen LogP contribution is 2.34. The summed E-state index contributed by atoms with van der Waals surface area (Å²) >= 11 is 5.76. The minimum absolute atomic E-state index is 0.0399. The molecule has 4 heteroatoms. The second-order valence-electron chi connectivity index (χ2n) is 3.89. The molecule has 0 N–H and O–H groups in total. The van der Waals surface area contributed by atoms with Crippen LogP contribution < -0.4 is 4.74 Å². The number of fused-ring (bicyclic) bond motifs is 1. The van der Waals surface area contributed by atoms with Gasteiger partial charge in [-0.3, -0.25) is 0 Å². The normalized spacial score (nSPS) is 17.8. The van der Waals surface area contributed by atoms with Gasteiger partial charge in [0.15, 0.2) is 0 Å². The third-order valence-electron chi connectivity index (χ3n) is 2.62. The minimum atomic E-state index is -0.366. The molecule has 0 aromatic heterocycles. The van der Waals surface area contributed by atoms with Crippen molar-refractivity contribution in [3.63, 3.8) is 0 Å². The van der Waals surface area contributed by atoms with Crippen LogP contribution >= 0.6 is 11.6 Å². The zero-order chi connectivity index (χ0) is 11.7. The van der Waals surface area contributed by atoms with Gasteiger partial charge in [-0.15, -0.1) is 11.6 Å². The smallest absolute Gasteiger partial charge is 0.341 e. The Balaban J connectivity index is 2.45. The SMILES string of the molecule is COC(=O)c1cc(C)cc2c1OC(CCl)C2. The van der Waals surface area contributed by atoms with Crippen LogP contribution in [0.4, 0.5) is 0 Å². The van der Waals surface area contributed by atoms with E-state index in [0.29, 0.717) is 17.2 Å². The molecule has 3 nitrogen and oxygen atoms in total. The molecule has 0 fully saturated rings. The van der Waals surface area contributed by atoms with Gasteiger partial charge in [0.05, 0.1) is 13.0 Å². The second-order valence-corrected chi connectivity index (χ2v) is 4.20. The Morgan fingerprint density at radius 3 is 3.00 bits per heavy atom. The van der Waals surface area contributed by atoms with E-state index in [1.54, 1.807) is 6.07 Å². The predicted molar refractivity (Wildman–Crippen MR) is 61.4 cm³/mol. The maximum absolute atomic E-state index is 11.6. The number of carbonyl (C=O) groups excluding carboxylic acids is 1. The number of alkyl halides is 1. The number of hydrogen-bond donors (Lipinski definition) is 0. The lowest BCUT2D eigenvalue weighted by atomic mass is 10.0. The fourth-order valence-corrected chi connectivity index (χ4v) is 2.11. The number of aryl methyl sites for hydroxylation is 1. The van der Waals surface area contributed by atoms with Crippen molar-refractivity contribution in [3.8, 4) is 5.75 Å². The van der Waals surface area contributed by atoms with Crippen molar-refractivity contribution in [3.05, 3.63) is 28.8 Å². The van der Waals surface area contributed by atoms with Crippen LogP contribution in [0.2, 0.25) is 0 Å². The summed E-state index contributed by atoms with van der Waals surface area (Å²) in [5, 5.41) is 0. The largest absolute Gasteiger partial charge is 0.488 e. The molecule has 1 unspecified atom stereocenters. The van der Waals surface area contributed by atoms with Gasteiger partial charge in [-0.2, -0.15) is 0 Å². The summed E-state index contributed by atoms with van der Waals surface area (Å²) in [7, 11) is 1.37. The first kappa shape index (κ1) is 11.3. The molecule has 1 aromatic rings. The Labute approximate surface area is 99.3 Å². The van der Waals surface area contributed by atoms with Crippen molar-refractivity contribution in [1.29, 1.82) is 0 Å². The molecule has 86 valence electrons. The number of halogens is 1. The summed E-state index contributed by atoms with van der Waals surface area (Å²) in [5.74, 6) is 0.687. The second kappa shape index (κ2) is 4.34. The first-order valence-electron chi connectivity index (χ1n) is 5.10. The molecule has 1 atom stereocenters. The van der Waals surface area contributed by atoms with Crippen LogP contribution in [-0.4, -0.2) is 25.1 Å². The van der Waals surface area contributed by atoms with E-state index in [-0.39, 0.29) is 12.1 Å². The van der Waals surface area contributed by atoms with E-state index in [1.807, 2.05) is 13.0 Å². The summed E-state index contributed by atoms with van der Waals surface area (Å²) < 4.78 is 10.4. The molecule has 1 heterocycles. The molecule has 0 radical (unpaired) electrons. The van der Waals surface area contributed by atoms with Crippen LogP contribution in [0.25, 0.3) is 0 Å². The van der Waals surface area contributed by atoms with E-state index >= 15 is 0 Å². The molecule has 2 rings (SSSR count). The van der Waals surface area contributed by atoms with Gasteiger partial charge in [-0.05, 0) is 24.1 Å². The summed E-state index contributed by atoms with van der Waals surface area (Å²) in [5.41, 5.74) is 2.55. The van der Waals surface area contributed by atoms with E-state index in [9.17, 15) is 4.79 Å². The van der Waals surface area contributed by atoms with Crippen LogP contribution in [-0.2, 0) is 11.2 Å². The number of carbonyl (C=O) groups is 1. The van der Waals surface area contributed by atoms with Gasteiger partial charge in [0.25, 0.3) is 0 Å². The maximum atomic E-state index is 11.6. The Kier molecular flexibility index (Phi) is 3.06. The van der Waals surface area contributed by atoms with E-state index < -0.39 is 0 Å². The summed E-state index contributed by atoms with van der Waals surface area (Å²) in [4.78, 5) is 11.6. The zero-order valence-electron chi connectivity index (χ0n) is 9.25. The molecule has 1 aromatic carbocycles. The van der Waals surface area contributed by atoms with E-state index in [1.165, 1.54) is 7.11 Å². The summed E-state index contributed by atoms with van der Waals surface area (Å²) in [6.45, 7) is 1.95. The molecular weight excluding hydrogens is 228 g/mol. The summed E-state index contributed by atoms with van der Waals surface area (Å²) in [6.07, 6.45) is 0.715. The zero-order valence-corrected chi connectivity index (χ0v) is 10.0. The van der Waals surface area contributed by atoms with Crippen LogP contribution in [0, 0.1) is 6.92 Å². The number of hydrogen-bond acceptors (Lipinski definition) is 3. The van der Waals surface area contributed by atoms with Gasteiger partial charge in [0, 0.05) is 6.42 Å². The number of ether oxygens (including phenoxy) is 2. The highest BCUT2D eigenvalue weighted by Gasteiger charge is 2.27. The van der Waals surface area contributed by atoms with Crippen molar-refractivity contribution < 1.29 is 14.3 Å². The van der Waals surface area contributed by atoms with Crippen LogP contribution in [0.3, 0.4) is 0 Å². The average molecular weight is 241 g/mol. The lowest BCUT2D eigenvalue weighted by Gasteiger charge is -2.09. The molecule has 16 heavy (non-hydrogen) atoms. The molecule has 0 saturated carbocycles. The molecule has 1 aliphatic heterocycles. The minimum Gasteiger partial charge on any atom is -0.488 e. The molecule has 0 spiro atoms. The van der Waals surface area contributed by atoms with Crippen molar-refractivity contribution in [1.82, 2.24) is 0 Å². The van der Waals surface area contributed by atoms with Crippen molar-refractivity contribution in [2.24, 2.45) is 0 Å². The van der Waals surface area contributed by atoms with Gasteiger partial charge in [0.1, 0.15) is 17.4 Å². The highest BCUT2D eigenvalue weighted by molar-refractivity contribution is 6.18. The van der Waals surface area contributed by atoms with Crippen LogP contribution in [0.5, 0.6) is 5.75 Å². The quantitative estimate of drug-likeness (QED) is 0.588. The molecule has 1 aliphatic rings. The highest BCUT2D eigenvalue weighted by atomic mass is 35.5. The molecular formula is C12H13ClO3. The fourth-order valence-electron chi connectivity index (χ4n) is 1.94. The van der Waals surface area contributed by atoms with Crippen molar-refractivity contribution in [2.75, 3.05) is 13.0 Å². The van der Waals surface area contributed by atoms with Crippen LogP contribution in [0.15, 0.2) is 12.1 Å². The molecule has 0 bridgehead atoms. The van der Waals surface area contributed by atoms with Crippen molar-refractivity contribution >= 4 is 17.6 Å². The Hall–Kier alpha value is -1.22. The maximum Gasteiger partial charge on any atom is 0.341 e. The standard InChI is InChI=1S/C12H13ClO3/c1-7-3-8-5-9(6-13)16-11(8)10(4-7)12(14)15-2/h3-4,9H,5-6H2,1-2H3. The Morgan fingerprint density at radius 1 is 1.62 bits per heavy atom. The number of benzene rings is 1. The van der Waals surface area contributed by atoms with Gasteiger partial charge in [-0.1, -0.05) is 6.07 Å². The molecule has 0 saturated heterocycles. The van der Waals surface area contributed by atoms with Gasteiger partial charge < -0.3 is 9.47 Å². The van der Waals surface area contributed by atoms with Gasteiger partial charge in [0.2, 0.25) is 0 Å². The summed E-state index contributed by atoms with van der Waals surface area (Å²) in [6, 6.07) is 3.80. The lowest BCUT2D eigenvalue weighted by Crippen LogP contribution is -2.14. The van der Waals surface area contributed by atoms with Crippen LogP contribution in [0.1, 0.15) is 21.5 Å². The van der Waals surface area contributed by atoms with E-state index in [2.05, 4.69) is 0 Å². The first-order valence-corrected chi connectivity index (χ1v) is 5.63. The first-order chi connectivity index (χ1) is 7.65. The Bertz CT molecular complexity index is 429. The molecule has 0 aliphatic carbocycles. The number of rotatable bonds is 2. The molecule has 0 amide bonds. The monoisotopic (exact) mass is 240 g/mol. The van der Waals surface area contributed by atoms with Gasteiger partial charge in [-0.25, -0.2) is 4.79 Å². The lowest BCUT2D eigenvalue weighted by molar-refractivity contribution is 0.0595. The third-order valence-corrected chi connectivity index (χ3v) is 2.96. The van der Waals surface area contributed by atoms with Crippen molar-refractivity contribution in [2.45, 2.75) is 19.4 Å². The predicted octanol–water partition coefficient (Wildman–Crippen LogP) is 2.32. The van der Waals surface area contributed by atoms with Gasteiger partial charge >= 0.3 is 5.97 Å².